The zero-order valence-electron chi connectivity index (χ0n) is 9.60. The van der Waals surface area contributed by atoms with E-state index in [-0.39, 0.29) is 5.97 Å². The molecular formula is C12H14N2O2. The van der Waals surface area contributed by atoms with E-state index in [2.05, 4.69) is 4.98 Å². The Morgan fingerprint density at radius 3 is 2.88 bits per heavy atom. The van der Waals surface area contributed by atoms with Gasteiger partial charge in [-0.3, -0.25) is 4.79 Å². The van der Waals surface area contributed by atoms with Gasteiger partial charge < -0.3 is 9.14 Å². The highest BCUT2D eigenvalue weighted by Crippen LogP contribution is 2.25. The molecule has 0 bridgehead atoms. The van der Waals surface area contributed by atoms with Crippen molar-refractivity contribution in [3.05, 3.63) is 36.3 Å². The molecule has 0 aliphatic rings. The average molecular weight is 218 g/mol. The van der Waals surface area contributed by atoms with Gasteiger partial charge in [-0.05, 0) is 26.0 Å². The maximum Gasteiger partial charge on any atom is 0.303 e. The molecule has 84 valence electrons. The van der Waals surface area contributed by atoms with Gasteiger partial charge >= 0.3 is 5.97 Å². The van der Waals surface area contributed by atoms with Crippen molar-refractivity contribution < 1.29 is 9.53 Å². The Bertz CT molecular complexity index is 529. The molecule has 0 atom stereocenters. The van der Waals surface area contributed by atoms with Crippen molar-refractivity contribution in [2.45, 2.75) is 26.4 Å². The Hall–Kier alpha value is -1.84. The van der Waals surface area contributed by atoms with Crippen molar-refractivity contribution in [2.24, 2.45) is 0 Å². The quantitative estimate of drug-likeness (QED) is 0.725. The fourth-order valence-electron chi connectivity index (χ4n) is 1.79. The molecule has 0 aromatic carbocycles. The van der Waals surface area contributed by atoms with Crippen LogP contribution in [-0.2, 0) is 15.1 Å². The molecule has 0 aliphatic carbocycles. The van der Waals surface area contributed by atoms with E-state index >= 15 is 0 Å². The number of hydrogen-bond donors (Lipinski definition) is 0. The first-order valence-electron chi connectivity index (χ1n) is 5.13. The number of pyridine rings is 1. The van der Waals surface area contributed by atoms with Gasteiger partial charge in [0.1, 0.15) is 11.2 Å². The standard InChI is InChI=1S/C12H14N2O2/c1-9(15)16-12(2,3)10-8-13-11-6-4-5-7-14(10)11/h4-8H,1-3H3. The summed E-state index contributed by atoms with van der Waals surface area (Å²) in [5.41, 5.74) is 1.03. The predicted molar refractivity (Wildman–Crippen MR) is 60.0 cm³/mol. The molecule has 2 aromatic heterocycles. The third kappa shape index (κ3) is 1.78. The zero-order chi connectivity index (χ0) is 11.8. The molecule has 0 aliphatic heterocycles. The van der Waals surface area contributed by atoms with Crippen LogP contribution < -0.4 is 0 Å². The number of fused-ring (bicyclic) bond motifs is 1. The lowest BCUT2D eigenvalue weighted by Gasteiger charge is -2.23. The monoisotopic (exact) mass is 218 g/mol. The smallest absolute Gasteiger partial charge is 0.303 e. The Morgan fingerprint density at radius 2 is 2.19 bits per heavy atom. The first-order chi connectivity index (χ1) is 7.50. The van der Waals surface area contributed by atoms with Crippen LogP contribution in [0.1, 0.15) is 26.5 Å². The maximum atomic E-state index is 11.0. The number of esters is 1. The molecule has 0 N–H and O–H groups in total. The van der Waals surface area contributed by atoms with Crippen molar-refractivity contribution in [2.75, 3.05) is 0 Å². The molecule has 2 rings (SSSR count). The Morgan fingerprint density at radius 1 is 1.44 bits per heavy atom. The molecule has 0 spiro atoms. The van der Waals surface area contributed by atoms with Gasteiger partial charge in [0.2, 0.25) is 0 Å². The summed E-state index contributed by atoms with van der Waals surface area (Å²) in [6, 6.07) is 5.75. The van der Waals surface area contributed by atoms with Crippen LogP contribution in [0.2, 0.25) is 0 Å². The van der Waals surface area contributed by atoms with Crippen molar-refractivity contribution in [3.63, 3.8) is 0 Å². The van der Waals surface area contributed by atoms with Gasteiger partial charge in [0.05, 0.1) is 11.9 Å². The minimum atomic E-state index is -0.674. The van der Waals surface area contributed by atoms with Crippen molar-refractivity contribution in [1.82, 2.24) is 9.38 Å². The van der Waals surface area contributed by atoms with E-state index < -0.39 is 5.60 Å². The lowest BCUT2D eigenvalue weighted by atomic mass is 10.1. The van der Waals surface area contributed by atoms with Gasteiger partial charge in [0.25, 0.3) is 0 Å². The van der Waals surface area contributed by atoms with E-state index in [1.807, 2.05) is 42.6 Å². The van der Waals surface area contributed by atoms with Gasteiger partial charge in [0.15, 0.2) is 0 Å². The first kappa shape index (κ1) is 10.7. The van der Waals surface area contributed by atoms with Gasteiger partial charge in [-0.1, -0.05) is 6.07 Å². The number of aromatic nitrogens is 2. The molecule has 4 nitrogen and oxygen atoms in total. The van der Waals surface area contributed by atoms with Crippen LogP contribution in [0.25, 0.3) is 5.65 Å². The molecule has 0 saturated carbocycles. The third-order valence-corrected chi connectivity index (χ3v) is 2.43. The second-order valence-electron chi connectivity index (χ2n) is 4.18. The molecule has 0 unspecified atom stereocenters. The number of nitrogens with zero attached hydrogens (tertiary/aromatic N) is 2. The van der Waals surface area contributed by atoms with E-state index in [9.17, 15) is 4.79 Å². The normalized spacial score (nSPS) is 11.7. The van der Waals surface area contributed by atoms with Crippen LogP contribution in [0.5, 0.6) is 0 Å². The molecule has 0 saturated heterocycles. The van der Waals surface area contributed by atoms with E-state index in [4.69, 9.17) is 4.74 Å². The van der Waals surface area contributed by atoms with E-state index in [1.54, 1.807) is 6.20 Å². The van der Waals surface area contributed by atoms with Crippen LogP contribution in [0.4, 0.5) is 0 Å². The second kappa shape index (κ2) is 3.63. The SMILES string of the molecule is CC(=O)OC(C)(C)c1cnc2ccccn12. The van der Waals surface area contributed by atoms with E-state index in [0.717, 1.165) is 11.3 Å². The molecule has 2 heterocycles. The van der Waals surface area contributed by atoms with Crippen LogP contribution in [-0.4, -0.2) is 15.4 Å². The van der Waals surface area contributed by atoms with E-state index in [0.29, 0.717) is 0 Å². The molecule has 0 fully saturated rings. The summed E-state index contributed by atoms with van der Waals surface area (Å²) in [5, 5.41) is 0. The van der Waals surface area contributed by atoms with Gasteiger partial charge in [-0.2, -0.15) is 0 Å². The first-order valence-corrected chi connectivity index (χ1v) is 5.13. The Balaban J connectivity index is 2.50. The van der Waals surface area contributed by atoms with Crippen molar-refractivity contribution in [1.29, 1.82) is 0 Å². The number of ether oxygens (including phenoxy) is 1. The third-order valence-electron chi connectivity index (χ3n) is 2.43. The van der Waals surface area contributed by atoms with Crippen LogP contribution >= 0.6 is 0 Å². The minimum absolute atomic E-state index is 0.295. The highest BCUT2D eigenvalue weighted by atomic mass is 16.6. The lowest BCUT2D eigenvalue weighted by molar-refractivity contribution is -0.155. The maximum absolute atomic E-state index is 11.0. The lowest BCUT2D eigenvalue weighted by Crippen LogP contribution is -2.25. The molecule has 2 aromatic rings. The van der Waals surface area contributed by atoms with Gasteiger partial charge in [-0.15, -0.1) is 0 Å². The molecule has 0 radical (unpaired) electrons. The van der Waals surface area contributed by atoms with Gasteiger partial charge in [-0.25, -0.2) is 4.98 Å². The number of carbonyl (C=O) groups is 1. The summed E-state index contributed by atoms with van der Waals surface area (Å²) >= 11 is 0. The number of hydrogen-bond acceptors (Lipinski definition) is 3. The Labute approximate surface area is 93.9 Å². The van der Waals surface area contributed by atoms with Crippen LogP contribution in [0.3, 0.4) is 0 Å². The summed E-state index contributed by atoms with van der Waals surface area (Å²) in [6.07, 6.45) is 3.64. The van der Waals surface area contributed by atoms with Crippen molar-refractivity contribution >= 4 is 11.6 Å². The largest absolute Gasteiger partial charge is 0.453 e. The molecule has 0 amide bonds. The number of rotatable bonds is 2. The minimum Gasteiger partial charge on any atom is -0.453 e. The van der Waals surface area contributed by atoms with Crippen molar-refractivity contribution in [3.8, 4) is 0 Å². The van der Waals surface area contributed by atoms with E-state index in [1.165, 1.54) is 6.92 Å². The summed E-state index contributed by atoms with van der Waals surface area (Å²) in [7, 11) is 0. The van der Waals surface area contributed by atoms with Crippen LogP contribution in [0.15, 0.2) is 30.6 Å². The number of carbonyl (C=O) groups excluding carboxylic acids is 1. The summed E-state index contributed by atoms with van der Waals surface area (Å²) < 4.78 is 7.21. The highest BCUT2D eigenvalue weighted by molar-refractivity contribution is 5.66. The number of imidazole rings is 1. The topological polar surface area (TPSA) is 43.6 Å². The fraction of sp³-hybridized carbons (Fsp3) is 0.333. The van der Waals surface area contributed by atoms with Crippen LogP contribution in [0, 0.1) is 0 Å². The second-order valence-corrected chi connectivity index (χ2v) is 4.18. The highest BCUT2D eigenvalue weighted by Gasteiger charge is 2.27. The predicted octanol–water partition coefficient (Wildman–Crippen LogP) is 2.13. The molecule has 16 heavy (non-hydrogen) atoms. The summed E-state index contributed by atoms with van der Waals surface area (Å²) in [5.74, 6) is -0.295. The molecule has 4 heteroatoms. The summed E-state index contributed by atoms with van der Waals surface area (Å²) in [4.78, 5) is 15.3. The van der Waals surface area contributed by atoms with Gasteiger partial charge in [0, 0.05) is 13.1 Å². The summed E-state index contributed by atoms with van der Waals surface area (Å²) in [6.45, 7) is 5.11. The molecular weight excluding hydrogens is 204 g/mol. The Kier molecular flexibility index (Phi) is 2.42. The average Bonchev–Trinajstić information content (AvgIpc) is 2.59. The fourth-order valence-corrected chi connectivity index (χ4v) is 1.79. The zero-order valence-corrected chi connectivity index (χ0v) is 9.60.